The Hall–Kier alpha value is -1.56. The summed E-state index contributed by atoms with van der Waals surface area (Å²) < 4.78 is 14.1. The molecule has 0 N–H and O–H groups in total. The van der Waals surface area contributed by atoms with Crippen LogP contribution >= 0.6 is 0 Å². The third-order valence-electron chi connectivity index (χ3n) is 3.25. The third-order valence-corrected chi connectivity index (χ3v) is 3.25. The normalized spacial score (nSPS) is 15.4. The highest BCUT2D eigenvalue weighted by molar-refractivity contribution is 5.60. The molecule has 0 saturated carbocycles. The number of fused-ring (bicyclic) bond motifs is 1. The first-order valence-corrected chi connectivity index (χ1v) is 5.94. The fourth-order valence-corrected chi connectivity index (χ4v) is 2.42. The van der Waals surface area contributed by atoms with Crippen molar-refractivity contribution in [2.75, 3.05) is 11.4 Å². The van der Waals surface area contributed by atoms with Crippen LogP contribution in [0.15, 0.2) is 12.1 Å². The molecule has 1 aliphatic rings. The summed E-state index contributed by atoms with van der Waals surface area (Å²) in [4.78, 5) is 2.22. The molecule has 0 aromatic heterocycles. The van der Waals surface area contributed by atoms with Crippen LogP contribution in [0, 0.1) is 17.1 Å². The van der Waals surface area contributed by atoms with E-state index >= 15 is 0 Å². The zero-order chi connectivity index (χ0) is 12.6. The van der Waals surface area contributed by atoms with Gasteiger partial charge in [-0.25, -0.2) is 4.39 Å². The van der Waals surface area contributed by atoms with Crippen LogP contribution in [0.1, 0.15) is 38.3 Å². The molecule has 0 radical (unpaired) electrons. The van der Waals surface area contributed by atoms with Crippen LogP contribution in [0.4, 0.5) is 10.1 Å². The second kappa shape index (κ2) is 4.03. The van der Waals surface area contributed by atoms with Gasteiger partial charge in [0, 0.05) is 23.3 Å². The van der Waals surface area contributed by atoms with Crippen LogP contribution in [0.3, 0.4) is 0 Å². The van der Waals surface area contributed by atoms with Gasteiger partial charge in [0.25, 0.3) is 0 Å². The minimum Gasteiger partial charge on any atom is -0.366 e. The Balaban J connectivity index is 2.55. The number of nitrogens with zero attached hydrogens (tertiary/aromatic N) is 2. The average molecular weight is 232 g/mol. The van der Waals surface area contributed by atoms with Crippen molar-refractivity contribution in [3.05, 3.63) is 29.1 Å². The van der Waals surface area contributed by atoms with E-state index in [4.69, 9.17) is 5.26 Å². The first-order valence-electron chi connectivity index (χ1n) is 5.94. The lowest BCUT2D eigenvalue weighted by Crippen LogP contribution is -2.44. The summed E-state index contributed by atoms with van der Waals surface area (Å²) in [7, 11) is 0. The maximum Gasteiger partial charge on any atom is 0.146 e. The summed E-state index contributed by atoms with van der Waals surface area (Å²) in [6, 6.07) is 5.36. The van der Waals surface area contributed by atoms with Crippen molar-refractivity contribution in [3.8, 4) is 6.07 Å². The molecule has 0 spiro atoms. The highest BCUT2D eigenvalue weighted by atomic mass is 19.1. The molecule has 3 heteroatoms. The maximum atomic E-state index is 14.1. The molecule has 1 heterocycles. The molecular weight excluding hydrogens is 215 g/mol. The Kier molecular flexibility index (Phi) is 2.82. The number of hydrogen-bond acceptors (Lipinski definition) is 2. The van der Waals surface area contributed by atoms with Gasteiger partial charge in [-0.3, -0.25) is 0 Å². The predicted octanol–water partition coefficient (Wildman–Crippen LogP) is 3.25. The van der Waals surface area contributed by atoms with Gasteiger partial charge < -0.3 is 4.90 Å². The Morgan fingerprint density at radius 3 is 2.65 bits per heavy atom. The number of halogens is 1. The molecule has 90 valence electrons. The van der Waals surface area contributed by atoms with Crippen LogP contribution in [-0.2, 0) is 6.42 Å². The van der Waals surface area contributed by atoms with Crippen LogP contribution < -0.4 is 4.90 Å². The Morgan fingerprint density at radius 2 is 2.06 bits per heavy atom. The van der Waals surface area contributed by atoms with Gasteiger partial charge in [-0.1, -0.05) is 0 Å². The predicted molar refractivity (Wildman–Crippen MR) is 66.5 cm³/mol. The molecule has 2 rings (SSSR count). The van der Waals surface area contributed by atoms with Crippen molar-refractivity contribution in [2.45, 2.75) is 39.2 Å². The molecule has 0 amide bonds. The first-order chi connectivity index (χ1) is 7.95. The first kappa shape index (κ1) is 11.9. The molecule has 0 fully saturated rings. The number of nitriles is 1. The van der Waals surface area contributed by atoms with E-state index in [2.05, 4.69) is 25.7 Å². The number of hydrogen-bond donors (Lipinski definition) is 0. The zero-order valence-electron chi connectivity index (χ0n) is 10.5. The fraction of sp³-hybridized carbons (Fsp3) is 0.500. The highest BCUT2D eigenvalue weighted by Crippen LogP contribution is 2.34. The fourth-order valence-electron chi connectivity index (χ4n) is 2.42. The van der Waals surface area contributed by atoms with E-state index in [1.54, 1.807) is 6.07 Å². The smallest absolute Gasteiger partial charge is 0.146 e. The molecular formula is C14H17FN2. The van der Waals surface area contributed by atoms with Crippen LogP contribution in [-0.4, -0.2) is 12.1 Å². The lowest BCUT2D eigenvalue weighted by Gasteiger charge is -2.41. The monoisotopic (exact) mass is 232 g/mol. The van der Waals surface area contributed by atoms with E-state index in [0.29, 0.717) is 5.56 Å². The van der Waals surface area contributed by atoms with Crippen LogP contribution in [0.5, 0.6) is 0 Å². The van der Waals surface area contributed by atoms with Gasteiger partial charge in [0.1, 0.15) is 11.9 Å². The lowest BCUT2D eigenvalue weighted by atomic mass is 9.94. The van der Waals surface area contributed by atoms with Crippen molar-refractivity contribution in [1.82, 2.24) is 0 Å². The molecule has 1 aromatic carbocycles. The van der Waals surface area contributed by atoms with Gasteiger partial charge >= 0.3 is 0 Å². The van der Waals surface area contributed by atoms with Crippen LogP contribution in [0.25, 0.3) is 0 Å². The molecule has 0 saturated heterocycles. The molecule has 1 aliphatic heterocycles. The van der Waals surface area contributed by atoms with Crippen molar-refractivity contribution >= 4 is 5.69 Å². The number of rotatable bonds is 0. The van der Waals surface area contributed by atoms with Gasteiger partial charge in [-0.05, 0) is 45.7 Å². The average Bonchev–Trinajstić information content (AvgIpc) is 2.28. The largest absolute Gasteiger partial charge is 0.366 e. The topological polar surface area (TPSA) is 27.0 Å². The van der Waals surface area contributed by atoms with Gasteiger partial charge in [0.2, 0.25) is 0 Å². The summed E-state index contributed by atoms with van der Waals surface area (Å²) >= 11 is 0. The summed E-state index contributed by atoms with van der Waals surface area (Å²) in [6.45, 7) is 7.32. The lowest BCUT2D eigenvalue weighted by molar-refractivity contribution is 0.476. The van der Waals surface area contributed by atoms with E-state index < -0.39 is 0 Å². The van der Waals surface area contributed by atoms with Crippen molar-refractivity contribution in [2.24, 2.45) is 0 Å². The molecule has 0 bridgehead atoms. The molecule has 0 atom stereocenters. The van der Waals surface area contributed by atoms with Gasteiger partial charge in [-0.15, -0.1) is 0 Å². The van der Waals surface area contributed by atoms with E-state index in [-0.39, 0.29) is 16.9 Å². The second-order valence-electron chi connectivity index (χ2n) is 5.46. The Morgan fingerprint density at radius 1 is 1.35 bits per heavy atom. The summed E-state index contributed by atoms with van der Waals surface area (Å²) in [6.07, 6.45) is 1.67. The summed E-state index contributed by atoms with van der Waals surface area (Å²) in [5.41, 5.74) is 1.78. The van der Waals surface area contributed by atoms with Crippen LogP contribution in [0.2, 0.25) is 0 Å². The molecule has 1 aromatic rings. The molecule has 2 nitrogen and oxygen atoms in total. The van der Waals surface area contributed by atoms with E-state index in [9.17, 15) is 4.39 Å². The van der Waals surface area contributed by atoms with E-state index in [1.807, 2.05) is 12.1 Å². The minimum absolute atomic E-state index is 0.0181. The zero-order valence-corrected chi connectivity index (χ0v) is 10.5. The highest BCUT2D eigenvalue weighted by Gasteiger charge is 2.28. The summed E-state index contributed by atoms with van der Waals surface area (Å²) in [5.74, 6) is -0.334. The van der Waals surface area contributed by atoms with Crippen molar-refractivity contribution in [1.29, 1.82) is 5.26 Å². The van der Waals surface area contributed by atoms with Gasteiger partial charge in [-0.2, -0.15) is 5.26 Å². The van der Waals surface area contributed by atoms with E-state index in [0.717, 1.165) is 25.1 Å². The quantitative estimate of drug-likeness (QED) is 0.686. The van der Waals surface area contributed by atoms with Gasteiger partial charge in [0.05, 0.1) is 5.56 Å². The standard InChI is InChI=1S/C14H17FN2/c1-14(2,3)17-8-4-5-11-12(17)7-6-10(9-16)13(11)15/h6-7H,4-5,8H2,1-3H3. The Bertz CT molecular complexity index is 480. The molecule has 17 heavy (non-hydrogen) atoms. The second-order valence-corrected chi connectivity index (χ2v) is 5.46. The Labute approximate surface area is 102 Å². The molecule has 0 aliphatic carbocycles. The third kappa shape index (κ3) is 2.00. The summed E-state index contributed by atoms with van der Waals surface area (Å²) in [5, 5.41) is 8.84. The SMILES string of the molecule is CC(C)(C)N1CCCc2c1ccc(C#N)c2F. The van der Waals surface area contributed by atoms with E-state index in [1.165, 1.54) is 0 Å². The van der Waals surface area contributed by atoms with Crippen molar-refractivity contribution < 1.29 is 4.39 Å². The van der Waals surface area contributed by atoms with Crippen molar-refractivity contribution in [3.63, 3.8) is 0 Å². The van der Waals surface area contributed by atoms with Gasteiger partial charge in [0.15, 0.2) is 0 Å². The molecule has 0 unspecified atom stereocenters. The minimum atomic E-state index is -0.334. The maximum absolute atomic E-state index is 14.1. The number of benzene rings is 1. The number of anilines is 1.